The van der Waals surface area contributed by atoms with E-state index in [2.05, 4.69) is 15.3 Å². The molecule has 0 atom stereocenters. The molecule has 8 nitrogen and oxygen atoms in total. The number of rotatable bonds is 5. The topological polar surface area (TPSA) is 83.4 Å². The summed E-state index contributed by atoms with van der Waals surface area (Å²) in [6.45, 7) is 5.07. The lowest BCUT2D eigenvalue weighted by Crippen LogP contribution is -2.53. The summed E-state index contributed by atoms with van der Waals surface area (Å²) in [6, 6.07) is 21.6. The van der Waals surface area contributed by atoms with Gasteiger partial charge in [0.1, 0.15) is 5.52 Å². The molecule has 8 heteroatoms. The van der Waals surface area contributed by atoms with Gasteiger partial charge in [-0.1, -0.05) is 60.2 Å². The highest BCUT2D eigenvalue weighted by atomic mass is 16.2. The van der Waals surface area contributed by atoms with Crippen molar-refractivity contribution < 1.29 is 4.79 Å². The number of piperazine rings is 1. The number of fused-ring (bicyclic) bond motifs is 1. The van der Waals surface area contributed by atoms with E-state index in [1.165, 1.54) is 5.56 Å². The fourth-order valence-corrected chi connectivity index (χ4v) is 4.30. The summed E-state index contributed by atoms with van der Waals surface area (Å²) in [5.41, 5.74) is 4.36. The third-order valence-electron chi connectivity index (χ3n) is 6.30. The Morgan fingerprint density at radius 3 is 2.40 bits per heavy atom. The van der Waals surface area contributed by atoms with Crippen molar-refractivity contribution in [3.8, 4) is 0 Å². The lowest BCUT2D eigenvalue weighted by atomic mass is 10.1. The molecule has 0 aliphatic carbocycles. The number of hydrogen-bond donors (Lipinski definition) is 1. The van der Waals surface area contributed by atoms with Crippen molar-refractivity contribution in [2.75, 3.05) is 31.1 Å². The first-order valence-corrected chi connectivity index (χ1v) is 11.8. The Labute approximate surface area is 203 Å². The predicted molar refractivity (Wildman–Crippen MR) is 137 cm³/mol. The molecule has 5 rings (SSSR count). The molecule has 0 unspecified atom stereocenters. The predicted octanol–water partition coefficient (Wildman–Crippen LogP) is 3.18. The molecule has 35 heavy (non-hydrogen) atoms. The second kappa shape index (κ2) is 9.97. The summed E-state index contributed by atoms with van der Waals surface area (Å²) in [5.74, 6) is 0.404. The zero-order valence-corrected chi connectivity index (χ0v) is 19.7. The lowest BCUT2D eigenvalue weighted by Gasteiger charge is -2.35. The molecular formula is C27H28N6O2. The van der Waals surface area contributed by atoms with E-state index in [1.54, 1.807) is 15.7 Å². The number of urea groups is 1. The van der Waals surface area contributed by atoms with Crippen LogP contribution in [0.1, 0.15) is 16.7 Å². The molecule has 178 valence electrons. The Morgan fingerprint density at radius 2 is 1.66 bits per heavy atom. The van der Waals surface area contributed by atoms with Gasteiger partial charge in [0.25, 0.3) is 5.56 Å². The minimum absolute atomic E-state index is 0.0950. The molecular weight excluding hydrogens is 440 g/mol. The number of amides is 2. The van der Waals surface area contributed by atoms with Crippen molar-refractivity contribution in [2.24, 2.45) is 0 Å². The van der Waals surface area contributed by atoms with Crippen molar-refractivity contribution in [1.82, 2.24) is 24.8 Å². The van der Waals surface area contributed by atoms with E-state index in [0.29, 0.717) is 56.3 Å². The third-order valence-corrected chi connectivity index (χ3v) is 6.30. The maximum atomic E-state index is 13.5. The molecule has 4 aromatic rings. The van der Waals surface area contributed by atoms with E-state index in [0.717, 1.165) is 11.1 Å². The molecule has 0 spiro atoms. The minimum Gasteiger partial charge on any atom is -0.348 e. The Bertz CT molecular complexity index is 1380. The maximum Gasteiger partial charge on any atom is 0.317 e. The number of carbonyl (C=O) groups excluding carboxylic acids is 1. The number of aromatic nitrogens is 3. The molecule has 1 aliphatic rings. The molecule has 2 amide bonds. The fraction of sp³-hybridized carbons (Fsp3) is 0.259. The molecule has 1 aliphatic heterocycles. The number of anilines is 1. The van der Waals surface area contributed by atoms with Gasteiger partial charge in [-0.2, -0.15) is 0 Å². The Hall–Kier alpha value is -4.20. The molecule has 2 aromatic carbocycles. The normalized spacial score (nSPS) is 13.7. The monoisotopic (exact) mass is 468 g/mol. The standard InChI is InChI=1S/C27H28N6O2/c1-20-9-11-21(12-10-20)18-29-27(35)32-16-14-31(15-17-32)25-26(34)33(19-22-6-3-2-4-7-22)24-23(30-25)8-5-13-28-24/h2-13H,14-19H2,1H3,(H,29,35). The summed E-state index contributed by atoms with van der Waals surface area (Å²) in [6.07, 6.45) is 1.68. The minimum atomic E-state index is -0.169. The third kappa shape index (κ3) is 5.01. The zero-order valence-electron chi connectivity index (χ0n) is 19.7. The summed E-state index contributed by atoms with van der Waals surface area (Å²) in [7, 11) is 0. The van der Waals surface area contributed by atoms with Gasteiger partial charge in [0.2, 0.25) is 0 Å². The average Bonchev–Trinajstić information content (AvgIpc) is 2.90. The van der Waals surface area contributed by atoms with Crippen LogP contribution < -0.4 is 15.8 Å². The number of carbonyl (C=O) groups is 1. The number of aryl methyl sites for hydroxylation is 1. The molecule has 0 bridgehead atoms. The number of pyridine rings is 1. The second-order valence-corrected chi connectivity index (χ2v) is 8.78. The molecule has 3 heterocycles. The zero-order chi connectivity index (χ0) is 24.2. The van der Waals surface area contributed by atoms with E-state index in [9.17, 15) is 9.59 Å². The molecule has 1 saturated heterocycles. The van der Waals surface area contributed by atoms with E-state index in [1.807, 2.05) is 78.6 Å². The van der Waals surface area contributed by atoms with Crippen molar-refractivity contribution in [3.63, 3.8) is 0 Å². The first kappa shape index (κ1) is 22.6. The van der Waals surface area contributed by atoms with Crippen LogP contribution >= 0.6 is 0 Å². The largest absolute Gasteiger partial charge is 0.348 e. The van der Waals surface area contributed by atoms with Gasteiger partial charge in [0.05, 0.1) is 6.54 Å². The van der Waals surface area contributed by atoms with Crippen molar-refractivity contribution in [1.29, 1.82) is 0 Å². The Kier molecular flexibility index (Phi) is 6.43. The molecule has 2 aromatic heterocycles. The number of nitrogens with zero attached hydrogens (tertiary/aromatic N) is 5. The average molecular weight is 469 g/mol. The second-order valence-electron chi connectivity index (χ2n) is 8.78. The van der Waals surface area contributed by atoms with Gasteiger partial charge in [0, 0.05) is 38.9 Å². The number of nitrogens with one attached hydrogen (secondary N) is 1. The molecule has 0 radical (unpaired) electrons. The SMILES string of the molecule is Cc1ccc(CNC(=O)N2CCN(c3nc4cccnc4n(Cc4ccccc4)c3=O)CC2)cc1. The highest BCUT2D eigenvalue weighted by molar-refractivity contribution is 5.75. The summed E-state index contributed by atoms with van der Waals surface area (Å²) >= 11 is 0. The van der Waals surface area contributed by atoms with E-state index >= 15 is 0 Å². The fourth-order valence-electron chi connectivity index (χ4n) is 4.30. The van der Waals surface area contributed by atoms with Crippen LogP contribution in [0.2, 0.25) is 0 Å². The van der Waals surface area contributed by atoms with E-state index in [4.69, 9.17) is 0 Å². The van der Waals surface area contributed by atoms with Gasteiger partial charge < -0.3 is 15.1 Å². The Balaban J connectivity index is 1.30. The van der Waals surface area contributed by atoms with E-state index < -0.39 is 0 Å². The van der Waals surface area contributed by atoms with Crippen molar-refractivity contribution in [2.45, 2.75) is 20.0 Å². The smallest absolute Gasteiger partial charge is 0.317 e. The number of hydrogen-bond acceptors (Lipinski definition) is 5. The van der Waals surface area contributed by atoms with Crippen LogP contribution in [-0.4, -0.2) is 51.6 Å². The van der Waals surface area contributed by atoms with Gasteiger partial charge in [-0.3, -0.25) is 9.36 Å². The van der Waals surface area contributed by atoms with Gasteiger partial charge in [-0.25, -0.2) is 14.8 Å². The van der Waals surface area contributed by atoms with Crippen LogP contribution in [0.15, 0.2) is 77.7 Å². The van der Waals surface area contributed by atoms with Crippen LogP contribution in [0.25, 0.3) is 11.2 Å². The van der Waals surface area contributed by atoms with Gasteiger partial charge >= 0.3 is 6.03 Å². The summed E-state index contributed by atoms with van der Waals surface area (Å²) in [5, 5.41) is 2.99. The lowest BCUT2D eigenvalue weighted by molar-refractivity contribution is 0.193. The highest BCUT2D eigenvalue weighted by Gasteiger charge is 2.25. The highest BCUT2D eigenvalue weighted by Crippen LogP contribution is 2.16. The Morgan fingerprint density at radius 1 is 0.914 bits per heavy atom. The van der Waals surface area contributed by atoms with Crippen LogP contribution in [0.4, 0.5) is 10.6 Å². The first-order chi connectivity index (χ1) is 17.1. The molecule has 1 fully saturated rings. The van der Waals surface area contributed by atoms with E-state index in [-0.39, 0.29) is 11.6 Å². The van der Waals surface area contributed by atoms with Gasteiger partial charge in [-0.05, 0) is 30.2 Å². The molecule has 0 saturated carbocycles. The molecule has 1 N–H and O–H groups in total. The van der Waals surface area contributed by atoms with Crippen LogP contribution in [0, 0.1) is 6.92 Å². The van der Waals surface area contributed by atoms with Gasteiger partial charge in [0.15, 0.2) is 11.5 Å². The van der Waals surface area contributed by atoms with Crippen LogP contribution in [0.5, 0.6) is 0 Å². The first-order valence-electron chi connectivity index (χ1n) is 11.8. The summed E-state index contributed by atoms with van der Waals surface area (Å²) < 4.78 is 1.69. The van der Waals surface area contributed by atoms with Crippen LogP contribution in [-0.2, 0) is 13.1 Å². The van der Waals surface area contributed by atoms with Crippen LogP contribution in [0.3, 0.4) is 0 Å². The van der Waals surface area contributed by atoms with Gasteiger partial charge in [-0.15, -0.1) is 0 Å². The van der Waals surface area contributed by atoms with Crippen molar-refractivity contribution >= 4 is 23.0 Å². The maximum absolute atomic E-state index is 13.5. The number of benzene rings is 2. The van der Waals surface area contributed by atoms with Crippen molar-refractivity contribution in [3.05, 3.63) is 100.0 Å². The summed E-state index contributed by atoms with van der Waals surface area (Å²) in [4.78, 5) is 39.1. The quantitative estimate of drug-likeness (QED) is 0.486.